The van der Waals surface area contributed by atoms with E-state index in [1.807, 2.05) is 23.1 Å². The highest BCUT2D eigenvalue weighted by atomic mass is 79.9. The number of rotatable bonds is 6. The van der Waals surface area contributed by atoms with Crippen LogP contribution in [0.2, 0.25) is 5.02 Å². The van der Waals surface area contributed by atoms with Crippen molar-refractivity contribution in [1.29, 1.82) is 0 Å². The Labute approximate surface area is 120 Å². The molecule has 0 unspecified atom stereocenters. The summed E-state index contributed by atoms with van der Waals surface area (Å²) in [6.45, 7) is 1.51. The van der Waals surface area contributed by atoms with Crippen molar-refractivity contribution in [3.05, 3.63) is 33.3 Å². The van der Waals surface area contributed by atoms with Crippen LogP contribution in [0.1, 0.15) is 18.4 Å². The van der Waals surface area contributed by atoms with E-state index in [0.29, 0.717) is 17.5 Å². The lowest BCUT2D eigenvalue weighted by Gasteiger charge is -2.20. The topological polar surface area (TPSA) is 40.5 Å². The van der Waals surface area contributed by atoms with E-state index < -0.39 is 5.97 Å². The fraction of sp³-hybridized carbons (Fsp3) is 0.462. The molecular formula is C13H15BrClNO2. The Balaban J connectivity index is 2.03. The summed E-state index contributed by atoms with van der Waals surface area (Å²) in [5.74, 6) is -0.123. The van der Waals surface area contributed by atoms with E-state index in [1.54, 1.807) is 0 Å². The second kappa shape index (κ2) is 6.04. The Kier molecular flexibility index (Phi) is 4.65. The minimum Gasteiger partial charge on any atom is -0.480 e. The number of carbonyl (C=O) groups is 1. The maximum absolute atomic E-state index is 10.9. The van der Waals surface area contributed by atoms with Gasteiger partial charge in [0.25, 0.3) is 0 Å². The molecule has 2 rings (SSSR count). The zero-order chi connectivity index (χ0) is 13.1. The van der Waals surface area contributed by atoms with Crippen molar-refractivity contribution in [1.82, 2.24) is 4.90 Å². The van der Waals surface area contributed by atoms with Crippen molar-refractivity contribution in [2.45, 2.75) is 19.4 Å². The van der Waals surface area contributed by atoms with Gasteiger partial charge in [0, 0.05) is 22.6 Å². The van der Waals surface area contributed by atoms with Crippen LogP contribution in [0, 0.1) is 5.92 Å². The number of carboxylic acid groups (broad SMARTS) is 1. The molecule has 1 saturated carbocycles. The van der Waals surface area contributed by atoms with Gasteiger partial charge < -0.3 is 5.11 Å². The molecule has 1 aliphatic carbocycles. The normalized spacial score (nSPS) is 15.1. The molecule has 0 bridgehead atoms. The SMILES string of the molecule is O=C(O)CN(Cc1ccc(Br)cc1Cl)CC1CC1. The van der Waals surface area contributed by atoms with Crippen molar-refractivity contribution < 1.29 is 9.90 Å². The summed E-state index contributed by atoms with van der Waals surface area (Å²) in [7, 11) is 0. The maximum Gasteiger partial charge on any atom is 0.317 e. The summed E-state index contributed by atoms with van der Waals surface area (Å²) in [5, 5.41) is 9.60. The predicted octanol–water partition coefficient (Wildman–Crippen LogP) is 3.40. The van der Waals surface area contributed by atoms with Crippen molar-refractivity contribution in [2.24, 2.45) is 5.92 Å². The Bertz CT molecular complexity index is 449. The number of hydrogen-bond acceptors (Lipinski definition) is 2. The first-order valence-electron chi connectivity index (χ1n) is 5.92. The zero-order valence-electron chi connectivity index (χ0n) is 9.90. The molecule has 1 aromatic rings. The summed E-state index contributed by atoms with van der Waals surface area (Å²) < 4.78 is 0.934. The predicted molar refractivity (Wildman–Crippen MR) is 74.8 cm³/mol. The summed E-state index contributed by atoms with van der Waals surface area (Å²) in [6.07, 6.45) is 2.42. The number of hydrogen-bond donors (Lipinski definition) is 1. The molecule has 5 heteroatoms. The van der Waals surface area contributed by atoms with Gasteiger partial charge in [-0.2, -0.15) is 0 Å². The van der Waals surface area contributed by atoms with Crippen molar-refractivity contribution in [3.63, 3.8) is 0 Å². The fourth-order valence-electron chi connectivity index (χ4n) is 1.93. The van der Waals surface area contributed by atoms with Crippen LogP contribution in [0.3, 0.4) is 0 Å². The van der Waals surface area contributed by atoms with Crippen LogP contribution in [-0.4, -0.2) is 29.1 Å². The Morgan fingerprint density at radius 2 is 2.22 bits per heavy atom. The highest BCUT2D eigenvalue weighted by Crippen LogP contribution is 2.31. The first-order valence-corrected chi connectivity index (χ1v) is 7.10. The molecule has 0 heterocycles. The minimum absolute atomic E-state index is 0.0723. The monoisotopic (exact) mass is 331 g/mol. The summed E-state index contributed by atoms with van der Waals surface area (Å²) in [6, 6.07) is 5.71. The van der Waals surface area contributed by atoms with Crippen LogP contribution in [0.4, 0.5) is 0 Å². The van der Waals surface area contributed by atoms with Crippen LogP contribution in [0.15, 0.2) is 22.7 Å². The standard InChI is InChI=1S/C13H15BrClNO2/c14-11-4-3-10(12(15)5-11)7-16(8-13(17)18)6-9-1-2-9/h3-5,9H,1-2,6-8H2,(H,17,18). The van der Waals surface area contributed by atoms with Gasteiger partial charge in [0.05, 0.1) is 6.54 Å². The maximum atomic E-state index is 10.9. The minimum atomic E-state index is -0.788. The molecule has 0 amide bonds. The van der Waals surface area contributed by atoms with Gasteiger partial charge in [-0.15, -0.1) is 0 Å². The zero-order valence-corrected chi connectivity index (χ0v) is 12.2. The molecule has 98 valence electrons. The molecule has 1 fully saturated rings. The van der Waals surface area contributed by atoms with Gasteiger partial charge in [0.1, 0.15) is 0 Å². The third-order valence-electron chi connectivity index (χ3n) is 2.98. The largest absolute Gasteiger partial charge is 0.480 e. The van der Waals surface area contributed by atoms with E-state index in [0.717, 1.165) is 16.6 Å². The highest BCUT2D eigenvalue weighted by molar-refractivity contribution is 9.10. The van der Waals surface area contributed by atoms with E-state index in [9.17, 15) is 4.79 Å². The van der Waals surface area contributed by atoms with E-state index in [-0.39, 0.29) is 6.54 Å². The molecular weight excluding hydrogens is 318 g/mol. The Hall–Kier alpha value is -0.580. The van der Waals surface area contributed by atoms with Gasteiger partial charge in [-0.05, 0) is 36.5 Å². The van der Waals surface area contributed by atoms with E-state index in [2.05, 4.69) is 15.9 Å². The second-order valence-electron chi connectivity index (χ2n) is 4.74. The van der Waals surface area contributed by atoms with Gasteiger partial charge in [-0.3, -0.25) is 9.69 Å². The van der Waals surface area contributed by atoms with Crippen molar-refractivity contribution in [3.8, 4) is 0 Å². The highest BCUT2D eigenvalue weighted by Gasteiger charge is 2.25. The average molecular weight is 333 g/mol. The smallest absolute Gasteiger partial charge is 0.317 e. The van der Waals surface area contributed by atoms with Gasteiger partial charge in [-0.1, -0.05) is 33.6 Å². The third kappa shape index (κ3) is 4.26. The summed E-state index contributed by atoms with van der Waals surface area (Å²) >= 11 is 9.52. The molecule has 1 aromatic carbocycles. The average Bonchev–Trinajstić information content (AvgIpc) is 3.05. The molecule has 0 spiro atoms. The first kappa shape index (κ1) is 13.8. The lowest BCUT2D eigenvalue weighted by molar-refractivity contribution is -0.138. The number of carboxylic acids is 1. The van der Waals surface area contributed by atoms with Crippen LogP contribution in [0.25, 0.3) is 0 Å². The quantitative estimate of drug-likeness (QED) is 0.868. The van der Waals surface area contributed by atoms with Crippen molar-refractivity contribution in [2.75, 3.05) is 13.1 Å². The van der Waals surface area contributed by atoms with Crippen LogP contribution < -0.4 is 0 Å². The molecule has 0 atom stereocenters. The van der Waals surface area contributed by atoms with Gasteiger partial charge in [0.15, 0.2) is 0 Å². The fourth-order valence-corrected chi connectivity index (χ4v) is 2.67. The number of aliphatic carboxylic acids is 1. The van der Waals surface area contributed by atoms with Crippen LogP contribution >= 0.6 is 27.5 Å². The molecule has 3 nitrogen and oxygen atoms in total. The number of benzene rings is 1. The Morgan fingerprint density at radius 3 is 2.78 bits per heavy atom. The van der Waals surface area contributed by atoms with E-state index in [4.69, 9.17) is 16.7 Å². The Morgan fingerprint density at radius 1 is 1.50 bits per heavy atom. The molecule has 0 saturated heterocycles. The first-order chi connectivity index (χ1) is 8.54. The van der Waals surface area contributed by atoms with Crippen LogP contribution in [-0.2, 0) is 11.3 Å². The van der Waals surface area contributed by atoms with Crippen LogP contribution in [0.5, 0.6) is 0 Å². The lowest BCUT2D eigenvalue weighted by atomic mass is 10.2. The summed E-state index contributed by atoms with van der Waals surface area (Å²) in [5.41, 5.74) is 0.974. The second-order valence-corrected chi connectivity index (χ2v) is 6.07. The molecule has 0 aliphatic heterocycles. The molecule has 0 radical (unpaired) electrons. The third-order valence-corrected chi connectivity index (χ3v) is 3.83. The number of halogens is 2. The van der Waals surface area contributed by atoms with Crippen molar-refractivity contribution >= 4 is 33.5 Å². The summed E-state index contributed by atoms with van der Waals surface area (Å²) in [4.78, 5) is 12.8. The molecule has 1 N–H and O–H groups in total. The van der Waals surface area contributed by atoms with E-state index in [1.165, 1.54) is 12.8 Å². The van der Waals surface area contributed by atoms with Gasteiger partial charge >= 0.3 is 5.97 Å². The van der Waals surface area contributed by atoms with Gasteiger partial charge in [0.2, 0.25) is 0 Å². The number of nitrogens with zero attached hydrogens (tertiary/aromatic N) is 1. The lowest BCUT2D eigenvalue weighted by Crippen LogP contribution is -2.31. The van der Waals surface area contributed by atoms with E-state index >= 15 is 0 Å². The molecule has 0 aromatic heterocycles. The van der Waals surface area contributed by atoms with Gasteiger partial charge in [-0.25, -0.2) is 0 Å². The molecule has 18 heavy (non-hydrogen) atoms. The molecule has 1 aliphatic rings.